The molecule has 0 radical (unpaired) electrons. The summed E-state index contributed by atoms with van der Waals surface area (Å²) in [5, 5.41) is 0. The van der Waals surface area contributed by atoms with E-state index in [4.69, 9.17) is 4.74 Å². The van der Waals surface area contributed by atoms with Crippen LogP contribution in [0.25, 0.3) is 0 Å². The van der Waals surface area contributed by atoms with E-state index in [0.29, 0.717) is 0 Å². The number of hydrogen-bond donors (Lipinski definition) is 0. The maximum atomic E-state index is 11.5. The van der Waals surface area contributed by atoms with Gasteiger partial charge in [0.2, 0.25) is 0 Å². The van der Waals surface area contributed by atoms with Crippen LogP contribution in [0.1, 0.15) is 40.0 Å². The van der Waals surface area contributed by atoms with Gasteiger partial charge in [-0.3, -0.25) is 4.21 Å². The molecule has 0 aromatic carbocycles. The third-order valence-corrected chi connectivity index (χ3v) is 3.42. The summed E-state index contributed by atoms with van der Waals surface area (Å²) in [6.45, 7) is 6.16. The van der Waals surface area contributed by atoms with E-state index < -0.39 is 10.8 Å². The second kappa shape index (κ2) is 6.80. The van der Waals surface area contributed by atoms with Crippen LogP contribution < -0.4 is 0 Å². The molecule has 1 aliphatic carbocycles. The van der Waals surface area contributed by atoms with E-state index in [0.717, 1.165) is 29.9 Å². The molecule has 0 spiro atoms. The summed E-state index contributed by atoms with van der Waals surface area (Å²) in [7, 11) is -0.904. The Hall–Kier alpha value is -0.830. The average molecular weight is 254 g/mol. The zero-order chi connectivity index (χ0) is 12.8. The van der Waals surface area contributed by atoms with Crippen molar-refractivity contribution in [1.29, 1.82) is 0 Å². The topological polar surface area (TPSA) is 26.3 Å². The first kappa shape index (κ1) is 14.2. The Bertz CT molecular complexity index is 376. The minimum Gasteiger partial charge on any atom is -0.491 e. The monoisotopic (exact) mass is 254 g/mol. The first-order valence-corrected chi connectivity index (χ1v) is 7.71. The summed E-state index contributed by atoms with van der Waals surface area (Å²) in [5.74, 6) is 0.957. The summed E-state index contributed by atoms with van der Waals surface area (Å²) >= 11 is 0. The van der Waals surface area contributed by atoms with Gasteiger partial charge in [-0.15, -0.1) is 0 Å². The fraction of sp³-hybridized carbons (Fsp3) is 0.571. The quantitative estimate of drug-likeness (QED) is 0.699. The largest absolute Gasteiger partial charge is 0.491 e. The van der Waals surface area contributed by atoms with E-state index in [1.54, 1.807) is 6.26 Å². The molecule has 0 saturated carbocycles. The van der Waals surface area contributed by atoms with E-state index in [1.807, 2.05) is 19.9 Å². The zero-order valence-corrected chi connectivity index (χ0v) is 12.0. The first-order valence-electron chi connectivity index (χ1n) is 6.16. The summed E-state index contributed by atoms with van der Waals surface area (Å²) in [5.41, 5.74) is 1.17. The van der Waals surface area contributed by atoms with Crippen molar-refractivity contribution >= 4 is 10.8 Å². The van der Waals surface area contributed by atoms with Crippen LogP contribution in [0.15, 0.2) is 34.5 Å². The number of ether oxygens (including phenoxy) is 1. The first-order chi connectivity index (χ1) is 8.04. The van der Waals surface area contributed by atoms with Crippen molar-refractivity contribution < 1.29 is 8.95 Å². The van der Waals surface area contributed by atoms with Gasteiger partial charge in [0.1, 0.15) is 5.76 Å². The Kier molecular flexibility index (Phi) is 5.69. The molecule has 0 aromatic heterocycles. The molecule has 17 heavy (non-hydrogen) atoms. The van der Waals surface area contributed by atoms with Crippen molar-refractivity contribution in [3.8, 4) is 0 Å². The van der Waals surface area contributed by atoms with E-state index in [9.17, 15) is 4.21 Å². The molecule has 0 amide bonds. The van der Waals surface area contributed by atoms with E-state index in [2.05, 4.69) is 19.1 Å². The fourth-order valence-corrected chi connectivity index (χ4v) is 2.42. The van der Waals surface area contributed by atoms with Gasteiger partial charge in [0.05, 0.1) is 6.10 Å². The fourth-order valence-electron chi connectivity index (χ4n) is 1.76. The molecule has 0 aromatic rings. The van der Waals surface area contributed by atoms with Crippen LogP contribution in [0.2, 0.25) is 0 Å². The van der Waals surface area contributed by atoms with Gasteiger partial charge in [-0.05, 0) is 50.8 Å². The molecule has 3 heteroatoms. The molecule has 96 valence electrons. The normalized spacial score (nSPS) is 18.8. The Morgan fingerprint density at radius 2 is 2.29 bits per heavy atom. The Labute approximate surface area is 107 Å². The number of hydrogen-bond acceptors (Lipinski definition) is 2. The third kappa shape index (κ3) is 4.50. The summed E-state index contributed by atoms with van der Waals surface area (Å²) in [4.78, 5) is 0.917. The van der Waals surface area contributed by atoms with Gasteiger partial charge in [-0.25, -0.2) is 0 Å². The second-order valence-electron chi connectivity index (χ2n) is 4.41. The van der Waals surface area contributed by atoms with Crippen molar-refractivity contribution in [2.75, 3.05) is 6.26 Å². The molecule has 0 saturated heterocycles. The smallest absolute Gasteiger partial charge is 0.118 e. The van der Waals surface area contributed by atoms with Gasteiger partial charge in [0.25, 0.3) is 0 Å². The van der Waals surface area contributed by atoms with E-state index in [1.165, 1.54) is 5.57 Å². The summed E-state index contributed by atoms with van der Waals surface area (Å²) in [6, 6.07) is 0. The maximum Gasteiger partial charge on any atom is 0.118 e. The molecular weight excluding hydrogens is 232 g/mol. The highest BCUT2D eigenvalue weighted by Crippen LogP contribution is 2.26. The molecule has 0 heterocycles. The zero-order valence-electron chi connectivity index (χ0n) is 11.2. The van der Waals surface area contributed by atoms with Crippen LogP contribution in [0, 0.1) is 0 Å². The predicted molar refractivity (Wildman–Crippen MR) is 74.1 cm³/mol. The van der Waals surface area contributed by atoms with Crippen LogP contribution >= 0.6 is 0 Å². The summed E-state index contributed by atoms with van der Waals surface area (Å²) in [6.07, 6.45) is 10.9. The molecule has 1 atom stereocenters. The number of rotatable bonds is 5. The lowest BCUT2D eigenvalue weighted by Crippen LogP contribution is -2.07. The Balaban J connectivity index is 2.92. The molecule has 0 fully saturated rings. The Morgan fingerprint density at radius 1 is 1.59 bits per heavy atom. The lowest BCUT2D eigenvalue weighted by atomic mass is 10.0. The molecule has 1 unspecified atom stereocenters. The molecule has 2 nitrogen and oxygen atoms in total. The average Bonchev–Trinajstić information content (AvgIpc) is 2.28. The van der Waals surface area contributed by atoms with Crippen LogP contribution in [0.4, 0.5) is 0 Å². The minimum absolute atomic E-state index is 0.176. The van der Waals surface area contributed by atoms with E-state index >= 15 is 0 Å². The van der Waals surface area contributed by atoms with Crippen LogP contribution in [0.5, 0.6) is 0 Å². The molecule has 0 bridgehead atoms. The lowest BCUT2D eigenvalue weighted by molar-refractivity contribution is 0.152. The standard InChI is InChI=1S/C14H22O2S/c1-5-7-14(16-11(2)3)12-8-6-9-13(10-12)17(4)15/h7,9-11H,5-6,8H2,1-4H3/b14-7-. The molecule has 1 rings (SSSR count). The summed E-state index contributed by atoms with van der Waals surface area (Å²) < 4.78 is 17.3. The van der Waals surface area contributed by atoms with Crippen LogP contribution in [-0.4, -0.2) is 16.6 Å². The van der Waals surface area contributed by atoms with Crippen LogP contribution in [-0.2, 0) is 15.5 Å². The third-order valence-electron chi connectivity index (χ3n) is 2.48. The molecule has 1 aliphatic rings. The van der Waals surface area contributed by atoms with Gasteiger partial charge >= 0.3 is 0 Å². The van der Waals surface area contributed by atoms with Crippen molar-refractivity contribution in [1.82, 2.24) is 0 Å². The van der Waals surface area contributed by atoms with Gasteiger partial charge in [-0.2, -0.15) is 0 Å². The van der Waals surface area contributed by atoms with Crippen molar-refractivity contribution in [2.45, 2.75) is 46.1 Å². The maximum absolute atomic E-state index is 11.5. The van der Waals surface area contributed by atoms with Gasteiger partial charge in [-0.1, -0.05) is 13.0 Å². The highest BCUT2D eigenvalue weighted by Gasteiger charge is 2.13. The highest BCUT2D eigenvalue weighted by molar-refractivity contribution is 7.88. The second-order valence-corrected chi connectivity index (χ2v) is 5.79. The minimum atomic E-state index is -0.904. The van der Waals surface area contributed by atoms with Crippen molar-refractivity contribution in [3.05, 3.63) is 34.5 Å². The van der Waals surface area contributed by atoms with Gasteiger partial charge in [0.15, 0.2) is 0 Å². The highest BCUT2D eigenvalue weighted by atomic mass is 32.2. The number of allylic oxidation sites excluding steroid dienone is 4. The van der Waals surface area contributed by atoms with Gasteiger partial charge in [0, 0.05) is 22.0 Å². The van der Waals surface area contributed by atoms with Gasteiger partial charge < -0.3 is 4.74 Å². The van der Waals surface area contributed by atoms with Crippen molar-refractivity contribution in [3.63, 3.8) is 0 Å². The predicted octanol–water partition coefficient (Wildman–Crippen LogP) is 3.69. The molecule has 0 aliphatic heterocycles. The Morgan fingerprint density at radius 3 is 2.82 bits per heavy atom. The van der Waals surface area contributed by atoms with E-state index in [-0.39, 0.29) is 6.10 Å². The molecular formula is C14H22O2S. The van der Waals surface area contributed by atoms with Crippen LogP contribution in [0.3, 0.4) is 0 Å². The lowest BCUT2D eigenvalue weighted by Gasteiger charge is -2.19. The molecule has 0 N–H and O–H groups in total. The van der Waals surface area contributed by atoms with Crippen molar-refractivity contribution in [2.24, 2.45) is 0 Å². The SMILES string of the molecule is CC/C=C(\OC(C)C)C1=CC(S(C)=O)=CCC1.